The van der Waals surface area contributed by atoms with Gasteiger partial charge in [0.05, 0.1) is 11.3 Å². The van der Waals surface area contributed by atoms with E-state index < -0.39 is 0 Å². The molecule has 0 unspecified atom stereocenters. The van der Waals surface area contributed by atoms with Crippen LogP contribution in [0.3, 0.4) is 0 Å². The number of amides is 2. The summed E-state index contributed by atoms with van der Waals surface area (Å²) in [7, 11) is 0. The van der Waals surface area contributed by atoms with Crippen molar-refractivity contribution in [1.29, 1.82) is 0 Å². The van der Waals surface area contributed by atoms with E-state index in [2.05, 4.69) is 30.9 Å². The van der Waals surface area contributed by atoms with Gasteiger partial charge >= 0.3 is 0 Å². The molecule has 3 rings (SSSR count). The Labute approximate surface area is 239 Å². The van der Waals surface area contributed by atoms with Crippen LogP contribution < -0.4 is 21.1 Å². The van der Waals surface area contributed by atoms with Gasteiger partial charge in [0, 0.05) is 38.3 Å². The molecule has 2 amide bonds. The summed E-state index contributed by atoms with van der Waals surface area (Å²) in [4.78, 5) is 31.8. The molecule has 0 saturated heterocycles. The topological polar surface area (TPSA) is 159 Å². The van der Waals surface area contributed by atoms with Crippen LogP contribution in [0.15, 0.2) is 36.5 Å². The van der Waals surface area contributed by atoms with Gasteiger partial charge in [-0.2, -0.15) is 4.98 Å². The van der Waals surface area contributed by atoms with Gasteiger partial charge in [-0.3, -0.25) is 14.3 Å². The molecule has 13 heteroatoms. The van der Waals surface area contributed by atoms with Crippen molar-refractivity contribution in [2.75, 3.05) is 18.9 Å². The van der Waals surface area contributed by atoms with Crippen molar-refractivity contribution in [2.24, 2.45) is 0 Å². The van der Waals surface area contributed by atoms with E-state index in [-0.39, 0.29) is 35.1 Å². The third-order valence-electron chi connectivity index (χ3n) is 5.53. The van der Waals surface area contributed by atoms with Gasteiger partial charge in [-0.1, -0.05) is 41.1 Å². The van der Waals surface area contributed by atoms with E-state index in [0.717, 1.165) is 23.2 Å². The number of carbonyl (C=O) groups is 2. The Morgan fingerprint density at radius 3 is 2.52 bits per heavy atom. The molecule has 216 valence electrons. The molecule has 0 aliphatic heterocycles. The summed E-state index contributed by atoms with van der Waals surface area (Å²) in [5.41, 5.74) is 7.99. The monoisotopic (exact) mass is 572 g/mol. The molecule has 0 aliphatic carbocycles. The molecule has 1 aromatic carbocycles. The van der Waals surface area contributed by atoms with Crippen molar-refractivity contribution < 1.29 is 19.1 Å². The van der Waals surface area contributed by atoms with Crippen LogP contribution in [-0.2, 0) is 40.4 Å². The lowest BCUT2D eigenvalue weighted by Crippen LogP contribution is -2.32. The number of nitrogens with two attached hydrogens (primary N) is 1. The first-order chi connectivity index (χ1) is 19.1. The minimum Gasteiger partial charge on any atom is -0.473 e. The number of halogens is 1. The normalized spacial score (nSPS) is 11.3. The highest BCUT2D eigenvalue weighted by atomic mass is 35.5. The van der Waals surface area contributed by atoms with Gasteiger partial charge in [-0.25, -0.2) is 4.98 Å². The van der Waals surface area contributed by atoms with Gasteiger partial charge in [-0.05, 0) is 51.2 Å². The summed E-state index contributed by atoms with van der Waals surface area (Å²) >= 11 is 5.86. The average molecular weight is 573 g/mol. The number of ether oxygens (including phenoxy) is 2. The fraction of sp³-hybridized carbons (Fsp3) is 0.481. The highest BCUT2D eigenvalue weighted by Gasteiger charge is 2.12. The number of carbonyl (C=O) groups excluding carboxylic acids is 2. The number of hydrogen-bond donors (Lipinski definition) is 3. The highest BCUT2D eigenvalue weighted by molar-refractivity contribution is 6.29. The molecular weight excluding hydrogens is 536 g/mol. The van der Waals surface area contributed by atoms with Crippen LogP contribution >= 0.6 is 11.6 Å². The first kappa shape index (κ1) is 30.8. The zero-order valence-electron chi connectivity index (χ0n) is 23.2. The Bertz CT molecular complexity index is 1220. The SMILES string of the molecule is CC(C)(C)OCC(=O)NCCCc1cn(CCCC(=O)NCc2ccc(COc3cc(Cl)nc(N)n3)cc2)nn1. The molecule has 0 aliphatic rings. The predicted octanol–water partition coefficient (Wildman–Crippen LogP) is 2.84. The average Bonchev–Trinajstić information content (AvgIpc) is 3.35. The molecule has 0 spiro atoms. The molecular formula is C27H37ClN8O4. The summed E-state index contributed by atoms with van der Waals surface area (Å²) in [5, 5.41) is 14.3. The van der Waals surface area contributed by atoms with Crippen molar-refractivity contribution in [2.45, 2.75) is 71.8 Å². The second kappa shape index (κ2) is 15.1. The van der Waals surface area contributed by atoms with Crippen LogP contribution in [0.4, 0.5) is 5.95 Å². The fourth-order valence-corrected chi connectivity index (χ4v) is 3.66. The second-order valence-electron chi connectivity index (χ2n) is 10.2. The lowest BCUT2D eigenvalue weighted by atomic mass is 10.1. The summed E-state index contributed by atoms with van der Waals surface area (Å²) < 4.78 is 12.8. The molecule has 0 atom stereocenters. The Hall–Kier alpha value is -3.77. The Balaban J connectivity index is 1.27. The summed E-state index contributed by atoms with van der Waals surface area (Å²) in [6.07, 6.45) is 4.36. The Morgan fingerprint density at radius 1 is 1.05 bits per heavy atom. The van der Waals surface area contributed by atoms with Crippen molar-refractivity contribution >= 4 is 29.4 Å². The standard InChI is InChI=1S/C27H37ClN8O4/c1-27(2,3)40-18-24(38)30-12-4-6-21-16-36(35-34-21)13-5-7-23(37)31-15-19-8-10-20(11-9-19)17-39-25-14-22(28)32-26(29)33-25/h8-11,14,16H,4-7,12-13,15,17-18H2,1-3H3,(H,30,38)(H,31,37)(H2,29,32,33). The number of nitrogens with zero attached hydrogens (tertiary/aromatic N) is 5. The molecule has 0 saturated carbocycles. The third-order valence-corrected chi connectivity index (χ3v) is 5.73. The van der Waals surface area contributed by atoms with Crippen LogP contribution in [0.5, 0.6) is 5.88 Å². The fourth-order valence-electron chi connectivity index (χ4n) is 3.48. The van der Waals surface area contributed by atoms with E-state index in [1.54, 1.807) is 4.68 Å². The lowest BCUT2D eigenvalue weighted by Gasteiger charge is -2.18. The number of hydrogen-bond acceptors (Lipinski definition) is 9. The van der Waals surface area contributed by atoms with Gasteiger partial charge in [-0.15, -0.1) is 5.10 Å². The van der Waals surface area contributed by atoms with Gasteiger partial charge in [0.25, 0.3) is 0 Å². The highest BCUT2D eigenvalue weighted by Crippen LogP contribution is 2.16. The predicted molar refractivity (Wildman–Crippen MR) is 150 cm³/mol. The zero-order valence-corrected chi connectivity index (χ0v) is 23.9. The van der Waals surface area contributed by atoms with E-state index in [9.17, 15) is 9.59 Å². The van der Waals surface area contributed by atoms with Gasteiger partial charge in [0.1, 0.15) is 18.4 Å². The van der Waals surface area contributed by atoms with Crippen LogP contribution in [-0.4, -0.2) is 55.5 Å². The number of aryl methyl sites for hydroxylation is 2. The maximum absolute atomic E-state index is 12.3. The van der Waals surface area contributed by atoms with Gasteiger partial charge in [0.15, 0.2) is 0 Å². The maximum Gasteiger partial charge on any atom is 0.246 e. The van der Waals surface area contributed by atoms with Crippen LogP contribution in [0, 0.1) is 0 Å². The Kier molecular flexibility index (Phi) is 11.6. The number of rotatable bonds is 15. The molecule has 0 radical (unpaired) electrons. The van der Waals surface area contributed by atoms with E-state index in [4.69, 9.17) is 26.8 Å². The van der Waals surface area contributed by atoms with E-state index in [0.29, 0.717) is 51.4 Å². The van der Waals surface area contributed by atoms with Gasteiger partial charge in [0.2, 0.25) is 23.6 Å². The summed E-state index contributed by atoms with van der Waals surface area (Å²) in [5.74, 6) is 0.198. The quantitative estimate of drug-likeness (QED) is 0.184. The lowest BCUT2D eigenvalue weighted by molar-refractivity contribution is -0.130. The maximum atomic E-state index is 12.3. The number of nitrogen functional groups attached to an aromatic ring is 1. The van der Waals surface area contributed by atoms with Crippen molar-refractivity contribution in [3.8, 4) is 5.88 Å². The van der Waals surface area contributed by atoms with Crippen LogP contribution in [0.1, 0.15) is 56.9 Å². The summed E-state index contributed by atoms with van der Waals surface area (Å²) in [6.45, 7) is 7.65. The van der Waals surface area contributed by atoms with E-state index in [1.807, 2.05) is 51.2 Å². The molecule has 12 nitrogen and oxygen atoms in total. The first-order valence-corrected chi connectivity index (χ1v) is 13.5. The van der Waals surface area contributed by atoms with Crippen LogP contribution in [0.25, 0.3) is 0 Å². The van der Waals surface area contributed by atoms with Crippen molar-refractivity contribution in [3.63, 3.8) is 0 Å². The molecule has 0 fully saturated rings. The Morgan fingerprint density at radius 2 is 1.80 bits per heavy atom. The molecule has 2 aromatic heterocycles. The number of anilines is 1. The first-order valence-electron chi connectivity index (χ1n) is 13.1. The number of nitrogens with one attached hydrogen (secondary N) is 2. The zero-order chi connectivity index (χ0) is 29.0. The molecule has 3 aromatic rings. The third kappa shape index (κ3) is 12.0. The van der Waals surface area contributed by atoms with Crippen molar-refractivity contribution in [3.05, 3.63) is 58.5 Å². The minimum absolute atomic E-state index is 0.0304. The second-order valence-corrected chi connectivity index (χ2v) is 10.6. The van der Waals surface area contributed by atoms with Gasteiger partial charge < -0.3 is 25.8 Å². The molecule has 4 N–H and O–H groups in total. The van der Waals surface area contributed by atoms with Crippen molar-refractivity contribution in [1.82, 2.24) is 35.6 Å². The van der Waals surface area contributed by atoms with E-state index in [1.165, 1.54) is 6.07 Å². The summed E-state index contributed by atoms with van der Waals surface area (Å²) in [6, 6.07) is 9.21. The molecule has 2 heterocycles. The number of benzene rings is 1. The molecule has 40 heavy (non-hydrogen) atoms. The van der Waals surface area contributed by atoms with Crippen LogP contribution in [0.2, 0.25) is 5.15 Å². The largest absolute Gasteiger partial charge is 0.473 e. The van der Waals surface area contributed by atoms with E-state index >= 15 is 0 Å². The molecule has 0 bridgehead atoms. The smallest absolute Gasteiger partial charge is 0.246 e. The minimum atomic E-state index is -0.341. The number of aromatic nitrogens is 5.